The van der Waals surface area contributed by atoms with Crippen molar-refractivity contribution >= 4 is 29.0 Å². The van der Waals surface area contributed by atoms with Crippen LogP contribution >= 0.6 is 11.6 Å². The van der Waals surface area contributed by atoms with E-state index in [2.05, 4.69) is 15.6 Å². The Morgan fingerprint density at radius 2 is 1.94 bits per heavy atom. The number of nitrogens with zero attached hydrogens (tertiary/aromatic N) is 2. The van der Waals surface area contributed by atoms with Gasteiger partial charge < -0.3 is 20.3 Å². The molecule has 0 radical (unpaired) electrons. The Hall–Kier alpha value is -3.68. The van der Waals surface area contributed by atoms with Gasteiger partial charge >= 0.3 is 0 Å². The maximum Gasteiger partial charge on any atom is 0.253 e. The first-order chi connectivity index (χ1) is 15.5. The number of anilines is 2. The standard InChI is InChI=1S/C24H20ClFN4O2/c25-20-12-18(26)6-7-21(20)28-23-13-19(8-10-27-23)30-11-9-17(14-30)24(32)29-22(15-31)16-4-2-1-3-5-16/h1-14,22,31H,15H2,(H,27,28)(H,29,32). The van der Waals surface area contributed by atoms with Crippen molar-refractivity contribution in [3.8, 4) is 5.69 Å². The zero-order chi connectivity index (χ0) is 22.5. The summed E-state index contributed by atoms with van der Waals surface area (Å²) in [5, 5.41) is 15.8. The summed E-state index contributed by atoms with van der Waals surface area (Å²) >= 11 is 6.07. The molecule has 1 unspecified atom stereocenters. The molecule has 4 rings (SSSR count). The van der Waals surface area contributed by atoms with Crippen LogP contribution in [0.5, 0.6) is 0 Å². The van der Waals surface area contributed by atoms with Crippen LogP contribution in [-0.2, 0) is 0 Å². The number of rotatable bonds is 7. The largest absolute Gasteiger partial charge is 0.394 e. The molecule has 0 saturated heterocycles. The van der Waals surface area contributed by atoms with Crippen molar-refractivity contribution in [2.45, 2.75) is 6.04 Å². The van der Waals surface area contributed by atoms with Crippen LogP contribution in [0, 0.1) is 5.82 Å². The van der Waals surface area contributed by atoms with Crippen molar-refractivity contribution in [3.63, 3.8) is 0 Å². The number of benzene rings is 2. The number of carbonyl (C=O) groups is 1. The highest BCUT2D eigenvalue weighted by Crippen LogP contribution is 2.26. The fourth-order valence-electron chi connectivity index (χ4n) is 3.23. The van der Waals surface area contributed by atoms with Crippen LogP contribution < -0.4 is 10.6 Å². The SMILES string of the molecule is O=C(NC(CO)c1ccccc1)c1ccn(-c2ccnc(Nc3ccc(F)cc3Cl)c2)c1. The molecule has 1 atom stereocenters. The van der Waals surface area contributed by atoms with Gasteiger partial charge in [-0.1, -0.05) is 41.9 Å². The first kappa shape index (κ1) is 21.5. The Kier molecular flexibility index (Phi) is 6.49. The normalized spacial score (nSPS) is 11.7. The van der Waals surface area contributed by atoms with Gasteiger partial charge in [0, 0.05) is 24.7 Å². The second kappa shape index (κ2) is 9.64. The van der Waals surface area contributed by atoms with Gasteiger partial charge in [-0.2, -0.15) is 0 Å². The van der Waals surface area contributed by atoms with Gasteiger partial charge in [0.25, 0.3) is 5.91 Å². The van der Waals surface area contributed by atoms with Crippen molar-refractivity contribution in [2.75, 3.05) is 11.9 Å². The molecular weight excluding hydrogens is 431 g/mol. The molecule has 32 heavy (non-hydrogen) atoms. The Morgan fingerprint density at radius 3 is 2.69 bits per heavy atom. The van der Waals surface area contributed by atoms with E-state index in [9.17, 15) is 14.3 Å². The lowest BCUT2D eigenvalue weighted by atomic mass is 10.1. The van der Waals surface area contributed by atoms with E-state index in [1.807, 2.05) is 30.3 Å². The third-order valence-corrected chi connectivity index (χ3v) is 5.19. The van der Waals surface area contributed by atoms with Gasteiger partial charge in [-0.25, -0.2) is 9.37 Å². The first-order valence-electron chi connectivity index (χ1n) is 9.86. The van der Waals surface area contributed by atoms with E-state index >= 15 is 0 Å². The number of hydrogen-bond donors (Lipinski definition) is 3. The summed E-state index contributed by atoms with van der Waals surface area (Å²) in [4.78, 5) is 17.0. The summed E-state index contributed by atoms with van der Waals surface area (Å²) in [5.74, 6) is -0.201. The predicted molar refractivity (Wildman–Crippen MR) is 122 cm³/mol. The molecular formula is C24H20ClFN4O2. The van der Waals surface area contributed by atoms with E-state index in [0.717, 1.165) is 11.3 Å². The van der Waals surface area contributed by atoms with E-state index < -0.39 is 11.9 Å². The molecule has 3 N–H and O–H groups in total. The molecule has 0 saturated carbocycles. The summed E-state index contributed by atoms with van der Waals surface area (Å²) in [6.07, 6.45) is 5.07. The second-order valence-corrected chi connectivity index (χ2v) is 7.48. The van der Waals surface area contributed by atoms with Gasteiger partial charge in [0.05, 0.1) is 34.6 Å². The van der Waals surface area contributed by atoms with Crippen molar-refractivity contribution in [3.05, 3.63) is 107 Å². The number of aromatic nitrogens is 2. The van der Waals surface area contributed by atoms with Crippen LogP contribution in [0.1, 0.15) is 22.0 Å². The minimum absolute atomic E-state index is 0.207. The maximum absolute atomic E-state index is 13.3. The molecule has 0 spiro atoms. The van der Waals surface area contributed by atoms with Gasteiger partial charge in [-0.05, 0) is 35.9 Å². The van der Waals surface area contributed by atoms with E-state index in [1.165, 1.54) is 18.2 Å². The third kappa shape index (κ3) is 4.96. The molecule has 1 amide bonds. The summed E-state index contributed by atoms with van der Waals surface area (Å²) < 4.78 is 15.0. The van der Waals surface area contributed by atoms with Crippen molar-refractivity contribution in [1.82, 2.24) is 14.9 Å². The monoisotopic (exact) mass is 450 g/mol. The number of carbonyl (C=O) groups excluding carboxylic acids is 1. The third-order valence-electron chi connectivity index (χ3n) is 4.88. The Balaban J connectivity index is 1.49. The highest BCUT2D eigenvalue weighted by atomic mass is 35.5. The van der Waals surface area contributed by atoms with Crippen molar-refractivity contribution in [1.29, 1.82) is 0 Å². The Morgan fingerprint density at radius 1 is 1.12 bits per heavy atom. The summed E-state index contributed by atoms with van der Waals surface area (Å²) in [5.41, 5.74) is 2.57. The number of pyridine rings is 1. The zero-order valence-electron chi connectivity index (χ0n) is 16.9. The number of amides is 1. The molecule has 2 aromatic carbocycles. The number of nitrogens with one attached hydrogen (secondary N) is 2. The molecule has 162 valence electrons. The van der Waals surface area contributed by atoms with Crippen LogP contribution in [0.15, 0.2) is 85.3 Å². The summed E-state index contributed by atoms with van der Waals surface area (Å²) in [6.45, 7) is -0.207. The number of aliphatic hydroxyl groups is 1. The Labute approximate surface area is 189 Å². The number of hydrogen-bond acceptors (Lipinski definition) is 4. The lowest BCUT2D eigenvalue weighted by molar-refractivity contribution is 0.0916. The fourth-order valence-corrected chi connectivity index (χ4v) is 3.44. The molecule has 2 aromatic heterocycles. The molecule has 0 aliphatic rings. The van der Waals surface area contributed by atoms with Crippen molar-refractivity contribution < 1.29 is 14.3 Å². The molecule has 0 bridgehead atoms. The minimum Gasteiger partial charge on any atom is -0.394 e. The summed E-state index contributed by atoms with van der Waals surface area (Å²) in [7, 11) is 0. The van der Waals surface area contributed by atoms with Crippen LogP contribution in [0.4, 0.5) is 15.9 Å². The van der Waals surface area contributed by atoms with Crippen LogP contribution in [0.3, 0.4) is 0 Å². The lowest BCUT2D eigenvalue weighted by Gasteiger charge is -2.16. The highest BCUT2D eigenvalue weighted by Gasteiger charge is 2.16. The van der Waals surface area contributed by atoms with Crippen molar-refractivity contribution in [2.24, 2.45) is 0 Å². The van der Waals surface area contributed by atoms with E-state index in [0.29, 0.717) is 17.1 Å². The maximum atomic E-state index is 13.3. The average molecular weight is 451 g/mol. The van der Waals surface area contributed by atoms with E-state index in [-0.39, 0.29) is 17.5 Å². The van der Waals surface area contributed by atoms with Gasteiger partial charge in [0.2, 0.25) is 0 Å². The quantitative estimate of drug-likeness (QED) is 0.375. The van der Waals surface area contributed by atoms with Gasteiger partial charge in [0.1, 0.15) is 11.6 Å². The Bertz CT molecular complexity index is 1230. The fraction of sp³-hybridized carbons (Fsp3) is 0.0833. The molecule has 0 aliphatic heterocycles. The zero-order valence-corrected chi connectivity index (χ0v) is 17.6. The molecule has 8 heteroatoms. The highest BCUT2D eigenvalue weighted by molar-refractivity contribution is 6.33. The molecule has 0 aliphatic carbocycles. The smallest absolute Gasteiger partial charge is 0.253 e. The molecule has 6 nitrogen and oxygen atoms in total. The summed E-state index contributed by atoms with van der Waals surface area (Å²) in [6, 6.07) is 18.1. The molecule has 4 aromatic rings. The number of halogens is 2. The lowest BCUT2D eigenvalue weighted by Crippen LogP contribution is -2.30. The minimum atomic E-state index is -0.496. The second-order valence-electron chi connectivity index (χ2n) is 7.08. The molecule has 2 heterocycles. The van der Waals surface area contributed by atoms with Crippen LogP contribution in [-0.4, -0.2) is 27.2 Å². The van der Waals surface area contributed by atoms with Gasteiger partial charge in [-0.15, -0.1) is 0 Å². The van der Waals surface area contributed by atoms with Crippen LogP contribution in [0.25, 0.3) is 5.69 Å². The van der Waals surface area contributed by atoms with Gasteiger partial charge in [0.15, 0.2) is 0 Å². The number of aliphatic hydroxyl groups excluding tert-OH is 1. The van der Waals surface area contributed by atoms with E-state index in [1.54, 1.807) is 41.4 Å². The average Bonchev–Trinajstić information content (AvgIpc) is 3.31. The van der Waals surface area contributed by atoms with Crippen LogP contribution in [0.2, 0.25) is 5.02 Å². The predicted octanol–water partition coefficient (Wildman–Crippen LogP) is 4.87. The van der Waals surface area contributed by atoms with Gasteiger partial charge in [-0.3, -0.25) is 4.79 Å². The van der Waals surface area contributed by atoms with E-state index in [4.69, 9.17) is 11.6 Å². The first-order valence-corrected chi connectivity index (χ1v) is 10.2. The topological polar surface area (TPSA) is 79.2 Å². The molecule has 0 fully saturated rings.